The molecule has 2 aromatic rings. The van der Waals surface area contributed by atoms with Gasteiger partial charge in [0.2, 0.25) is 5.89 Å². The van der Waals surface area contributed by atoms with Crippen LogP contribution in [0.2, 0.25) is 5.02 Å². The number of hydrogen-bond acceptors (Lipinski definition) is 3. The smallest absolute Gasteiger partial charge is 0.211 e. The van der Waals surface area contributed by atoms with E-state index in [1.807, 2.05) is 0 Å². The average Bonchev–Trinajstić information content (AvgIpc) is 2.71. The van der Waals surface area contributed by atoms with Crippen LogP contribution in [0.4, 0.5) is 4.39 Å². The first kappa shape index (κ1) is 11.1. The van der Waals surface area contributed by atoms with Crippen LogP contribution >= 0.6 is 11.6 Å². The minimum atomic E-state index is -0.488. The second-order valence-corrected chi connectivity index (χ2v) is 3.89. The Labute approximate surface area is 97.0 Å². The van der Waals surface area contributed by atoms with Crippen LogP contribution in [0.15, 0.2) is 28.8 Å². The Morgan fingerprint density at radius 1 is 1.50 bits per heavy atom. The normalized spacial score (nSPS) is 12.8. The molecule has 0 saturated carbocycles. The van der Waals surface area contributed by atoms with Crippen LogP contribution in [0.3, 0.4) is 0 Å². The van der Waals surface area contributed by atoms with E-state index in [-0.39, 0.29) is 11.1 Å². The van der Waals surface area contributed by atoms with Gasteiger partial charge in [-0.05, 0) is 25.1 Å². The Morgan fingerprint density at radius 3 is 2.81 bits per heavy atom. The maximum Gasteiger partial charge on any atom is 0.211 e. The summed E-state index contributed by atoms with van der Waals surface area (Å²) in [6.45, 7) is 1.76. The van der Waals surface area contributed by atoms with E-state index in [0.717, 1.165) is 0 Å². The minimum absolute atomic E-state index is 0.0793. The summed E-state index contributed by atoms with van der Waals surface area (Å²) in [5, 5.41) is 0.0793. The molecule has 2 N–H and O–H groups in total. The molecule has 16 heavy (non-hydrogen) atoms. The molecular formula is C11H10ClFN2O. The first-order chi connectivity index (χ1) is 7.58. The molecule has 1 aromatic carbocycles. The van der Waals surface area contributed by atoms with Crippen molar-refractivity contribution in [2.24, 2.45) is 5.73 Å². The summed E-state index contributed by atoms with van der Waals surface area (Å²) < 4.78 is 18.6. The van der Waals surface area contributed by atoms with E-state index >= 15 is 0 Å². The monoisotopic (exact) mass is 240 g/mol. The van der Waals surface area contributed by atoms with Gasteiger partial charge in [0.15, 0.2) is 5.76 Å². The summed E-state index contributed by atoms with van der Waals surface area (Å²) >= 11 is 5.58. The van der Waals surface area contributed by atoms with Gasteiger partial charge in [-0.15, -0.1) is 0 Å². The third-order valence-corrected chi connectivity index (χ3v) is 2.42. The van der Waals surface area contributed by atoms with Crippen molar-refractivity contribution in [3.8, 4) is 11.3 Å². The van der Waals surface area contributed by atoms with Crippen molar-refractivity contribution in [2.75, 3.05) is 0 Å². The fraction of sp³-hybridized carbons (Fsp3) is 0.182. The molecule has 1 atom stereocenters. The lowest BCUT2D eigenvalue weighted by atomic mass is 10.2. The fourth-order valence-corrected chi connectivity index (χ4v) is 1.40. The summed E-state index contributed by atoms with van der Waals surface area (Å²) in [5.74, 6) is 0.408. The maximum absolute atomic E-state index is 13.2. The SMILES string of the molecule is CC(N)c1ncc(-c2ccc(Cl)c(F)c2)o1. The van der Waals surface area contributed by atoms with E-state index in [2.05, 4.69) is 4.98 Å². The van der Waals surface area contributed by atoms with E-state index in [1.165, 1.54) is 18.3 Å². The molecule has 1 unspecified atom stereocenters. The molecule has 0 fully saturated rings. The van der Waals surface area contributed by atoms with Crippen LogP contribution in [-0.4, -0.2) is 4.98 Å². The standard InChI is InChI=1S/C11H10ClFN2O/c1-6(14)11-15-5-10(16-11)7-2-3-8(12)9(13)4-7/h2-6H,14H2,1H3. The van der Waals surface area contributed by atoms with Gasteiger partial charge in [0, 0.05) is 5.56 Å². The largest absolute Gasteiger partial charge is 0.439 e. The molecule has 0 amide bonds. The van der Waals surface area contributed by atoms with Gasteiger partial charge in [-0.1, -0.05) is 11.6 Å². The highest BCUT2D eigenvalue weighted by molar-refractivity contribution is 6.30. The zero-order valence-corrected chi connectivity index (χ0v) is 9.33. The Hall–Kier alpha value is -1.39. The van der Waals surface area contributed by atoms with Crippen LogP contribution in [0.1, 0.15) is 18.9 Å². The molecule has 0 spiro atoms. The summed E-state index contributed by atoms with van der Waals surface area (Å²) in [4.78, 5) is 4.00. The van der Waals surface area contributed by atoms with E-state index < -0.39 is 5.82 Å². The summed E-state index contributed by atoms with van der Waals surface area (Å²) in [7, 11) is 0. The molecule has 3 nitrogen and oxygen atoms in total. The topological polar surface area (TPSA) is 52.0 Å². The molecule has 1 aromatic heterocycles. The quantitative estimate of drug-likeness (QED) is 0.877. The zero-order valence-electron chi connectivity index (χ0n) is 8.58. The van der Waals surface area contributed by atoms with Crippen molar-refractivity contribution >= 4 is 11.6 Å². The van der Waals surface area contributed by atoms with Gasteiger partial charge in [0.1, 0.15) is 5.82 Å². The Bertz CT molecular complexity index is 510. The Balaban J connectivity index is 2.39. The van der Waals surface area contributed by atoms with Gasteiger partial charge in [0.25, 0.3) is 0 Å². The molecule has 0 aliphatic carbocycles. The van der Waals surface area contributed by atoms with E-state index in [0.29, 0.717) is 17.2 Å². The van der Waals surface area contributed by atoms with Crippen LogP contribution in [-0.2, 0) is 0 Å². The number of aromatic nitrogens is 1. The molecular weight excluding hydrogens is 231 g/mol. The third-order valence-electron chi connectivity index (χ3n) is 2.12. The Kier molecular flexibility index (Phi) is 2.94. The number of halogens is 2. The van der Waals surface area contributed by atoms with E-state index in [9.17, 15) is 4.39 Å². The van der Waals surface area contributed by atoms with E-state index in [1.54, 1.807) is 13.0 Å². The predicted octanol–water partition coefficient (Wildman–Crippen LogP) is 3.15. The number of hydrogen-bond donors (Lipinski definition) is 1. The summed E-state index contributed by atoms with van der Waals surface area (Å²) in [6.07, 6.45) is 1.52. The molecule has 84 valence electrons. The van der Waals surface area contributed by atoms with Crippen LogP contribution in [0.25, 0.3) is 11.3 Å². The second kappa shape index (κ2) is 4.23. The van der Waals surface area contributed by atoms with Crippen molar-refractivity contribution in [3.05, 3.63) is 41.1 Å². The molecule has 0 saturated heterocycles. The van der Waals surface area contributed by atoms with Crippen molar-refractivity contribution in [2.45, 2.75) is 13.0 Å². The van der Waals surface area contributed by atoms with Crippen LogP contribution in [0, 0.1) is 5.82 Å². The number of nitrogens with zero attached hydrogens (tertiary/aromatic N) is 1. The van der Waals surface area contributed by atoms with E-state index in [4.69, 9.17) is 21.8 Å². The maximum atomic E-state index is 13.2. The van der Waals surface area contributed by atoms with Crippen LogP contribution in [0.5, 0.6) is 0 Å². The van der Waals surface area contributed by atoms with Crippen molar-refractivity contribution in [3.63, 3.8) is 0 Å². The lowest BCUT2D eigenvalue weighted by Gasteiger charge is -1.99. The number of oxazole rings is 1. The lowest BCUT2D eigenvalue weighted by Crippen LogP contribution is -2.04. The summed E-state index contributed by atoms with van der Waals surface area (Å²) in [5.41, 5.74) is 6.19. The lowest BCUT2D eigenvalue weighted by molar-refractivity contribution is 0.473. The first-order valence-corrected chi connectivity index (χ1v) is 5.12. The molecule has 0 aliphatic rings. The summed E-state index contributed by atoms with van der Waals surface area (Å²) in [6, 6.07) is 4.15. The highest BCUT2D eigenvalue weighted by Crippen LogP contribution is 2.25. The van der Waals surface area contributed by atoms with Gasteiger partial charge in [-0.3, -0.25) is 0 Å². The molecule has 0 aliphatic heterocycles. The highest BCUT2D eigenvalue weighted by atomic mass is 35.5. The number of rotatable bonds is 2. The molecule has 0 radical (unpaired) electrons. The zero-order chi connectivity index (χ0) is 11.7. The van der Waals surface area contributed by atoms with Crippen molar-refractivity contribution in [1.82, 2.24) is 4.98 Å². The third kappa shape index (κ3) is 2.08. The van der Waals surface area contributed by atoms with Gasteiger partial charge in [-0.25, -0.2) is 9.37 Å². The van der Waals surface area contributed by atoms with Gasteiger partial charge >= 0.3 is 0 Å². The number of benzene rings is 1. The Morgan fingerprint density at radius 2 is 2.25 bits per heavy atom. The average molecular weight is 241 g/mol. The highest BCUT2D eigenvalue weighted by Gasteiger charge is 2.11. The predicted molar refractivity (Wildman–Crippen MR) is 59.5 cm³/mol. The molecule has 0 bridgehead atoms. The molecule has 2 rings (SSSR count). The van der Waals surface area contributed by atoms with Crippen molar-refractivity contribution < 1.29 is 8.81 Å². The first-order valence-electron chi connectivity index (χ1n) is 4.74. The van der Waals surface area contributed by atoms with Crippen molar-refractivity contribution in [1.29, 1.82) is 0 Å². The second-order valence-electron chi connectivity index (χ2n) is 3.48. The minimum Gasteiger partial charge on any atom is -0.439 e. The fourth-order valence-electron chi connectivity index (χ4n) is 1.28. The number of nitrogens with two attached hydrogens (primary N) is 1. The molecule has 5 heteroatoms. The molecule has 1 heterocycles. The van der Waals surface area contributed by atoms with Gasteiger partial charge < -0.3 is 10.2 Å². The van der Waals surface area contributed by atoms with Gasteiger partial charge in [0.05, 0.1) is 17.3 Å². The van der Waals surface area contributed by atoms with Crippen LogP contribution < -0.4 is 5.73 Å². The van der Waals surface area contributed by atoms with Gasteiger partial charge in [-0.2, -0.15) is 0 Å².